The second-order valence-corrected chi connectivity index (χ2v) is 3.00. The van der Waals surface area contributed by atoms with E-state index >= 15 is 0 Å². The molecule has 1 rings (SSSR count). The molecular weight excluding hydrogens is 156 g/mol. The van der Waals surface area contributed by atoms with E-state index in [0.29, 0.717) is 0 Å². The Kier molecular flexibility index (Phi) is 3.49. The largest absolute Gasteiger partial charge is 0.340 e. The van der Waals surface area contributed by atoms with Gasteiger partial charge in [-0.3, -0.25) is 9.63 Å². The highest BCUT2D eigenvalue weighted by Gasteiger charge is 2.23. The lowest BCUT2D eigenvalue weighted by molar-refractivity contribution is -0.145. The molecule has 70 valence electrons. The van der Waals surface area contributed by atoms with Crippen molar-refractivity contribution < 1.29 is 9.63 Å². The van der Waals surface area contributed by atoms with Crippen molar-refractivity contribution in [1.82, 2.24) is 10.4 Å². The van der Waals surface area contributed by atoms with Gasteiger partial charge in [0.25, 0.3) is 5.91 Å². The van der Waals surface area contributed by atoms with Crippen LogP contribution in [0.1, 0.15) is 19.8 Å². The lowest BCUT2D eigenvalue weighted by Gasteiger charge is -2.19. The van der Waals surface area contributed by atoms with Gasteiger partial charge in [0.1, 0.15) is 0 Å². The van der Waals surface area contributed by atoms with Gasteiger partial charge in [0, 0.05) is 20.1 Å². The van der Waals surface area contributed by atoms with Crippen molar-refractivity contribution in [3.05, 3.63) is 0 Å². The molecule has 0 aromatic rings. The van der Waals surface area contributed by atoms with Gasteiger partial charge in [-0.25, -0.2) is 5.48 Å². The highest BCUT2D eigenvalue weighted by Crippen LogP contribution is 2.09. The number of nitrogens with one attached hydrogen (secondary N) is 1. The van der Waals surface area contributed by atoms with Gasteiger partial charge in [0.15, 0.2) is 6.10 Å². The number of likely N-dealkylation sites (tertiary alicyclic amines) is 1. The summed E-state index contributed by atoms with van der Waals surface area (Å²) in [7, 11) is 1.66. The molecule has 1 saturated heterocycles. The van der Waals surface area contributed by atoms with E-state index in [-0.39, 0.29) is 12.0 Å². The summed E-state index contributed by atoms with van der Waals surface area (Å²) in [5.41, 5.74) is 2.52. The van der Waals surface area contributed by atoms with Crippen molar-refractivity contribution in [3.8, 4) is 0 Å². The molecule has 1 fully saturated rings. The van der Waals surface area contributed by atoms with Crippen LogP contribution in [0.15, 0.2) is 0 Å². The zero-order valence-electron chi connectivity index (χ0n) is 7.67. The molecule has 0 aromatic carbocycles. The Labute approximate surface area is 72.8 Å². The fraction of sp³-hybridized carbons (Fsp3) is 0.875. The van der Waals surface area contributed by atoms with Gasteiger partial charge in [-0.2, -0.15) is 0 Å². The Balaban J connectivity index is 2.34. The minimum absolute atomic E-state index is 0.0850. The first-order valence-electron chi connectivity index (χ1n) is 4.37. The second kappa shape index (κ2) is 4.42. The molecule has 1 aliphatic rings. The molecule has 1 N–H and O–H groups in total. The normalized spacial score (nSPS) is 19.7. The molecule has 0 spiro atoms. The van der Waals surface area contributed by atoms with Crippen LogP contribution in [-0.4, -0.2) is 37.0 Å². The quantitative estimate of drug-likeness (QED) is 0.616. The maximum Gasteiger partial charge on any atom is 0.253 e. The maximum absolute atomic E-state index is 11.5. The number of hydrogen-bond acceptors (Lipinski definition) is 3. The Morgan fingerprint density at radius 1 is 1.50 bits per heavy atom. The molecule has 12 heavy (non-hydrogen) atoms. The zero-order chi connectivity index (χ0) is 8.97. The fourth-order valence-electron chi connectivity index (χ4n) is 1.42. The highest BCUT2D eigenvalue weighted by atomic mass is 16.7. The van der Waals surface area contributed by atoms with Gasteiger partial charge in [0.2, 0.25) is 0 Å². The first-order chi connectivity index (χ1) is 5.75. The van der Waals surface area contributed by atoms with Crippen molar-refractivity contribution in [2.75, 3.05) is 20.1 Å². The molecule has 0 bridgehead atoms. The summed E-state index contributed by atoms with van der Waals surface area (Å²) in [6.45, 7) is 3.53. The van der Waals surface area contributed by atoms with Crippen molar-refractivity contribution in [2.24, 2.45) is 0 Å². The molecule has 1 unspecified atom stereocenters. The number of carbonyl (C=O) groups excluding carboxylic acids is 1. The highest BCUT2D eigenvalue weighted by molar-refractivity contribution is 5.80. The van der Waals surface area contributed by atoms with E-state index in [1.165, 1.54) is 0 Å². The van der Waals surface area contributed by atoms with Crippen LogP contribution in [0.5, 0.6) is 0 Å². The first-order valence-corrected chi connectivity index (χ1v) is 4.37. The predicted molar refractivity (Wildman–Crippen MR) is 45.4 cm³/mol. The molecule has 0 aromatic heterocycles. The van der Waals surface area contributed by atoms with Crippen LogP contribution in [0.25, 0.3) is 0 Å². The lowest BCUT2D eigenvalue weighted by Crippen LogP contribution is -2.38. The summed E-state index contributed by atoms with van der Waals surface area (Å²) in [6.07, 6.45) is 1.88. The van der Waals surface area contributed by atoms with Crippen LogP contribution in [0, 0.1) is 0 Å². The Hall–Kier alpha value is -0.610. The molecule has 4 nitrogen and oxygen atoms in total. The van der Waals surface area contributed by atoms with Crippen LogP contribution in [-0.2, 0) is 9.63 Å². The molecule has 1 heterocycles. The van der Waals surface area contributed by atoms with E-state index in [2.05, 4.69) is 5.48 Å². The molecule has 0 aliphatic carbocycles. The van der Waals surface area contributed by atoms with Crippen molar-refractivity contribution in [3.63, 3.8) is 0 Å². The first kappa shape index (κ1) is 9.48. The molecule has 0 radical (unpaired) electrons. The fourth-order valence-corrected chi connectivity index (χ4v) is 1.42. The van der Waals surface area contributed by atoms with Crippen LogP contribution in [0.4, 0.5) is 0 Å². The number of rotatable bonds is 3. The Morgan fingerprint density at radius 3 is 2.58 bits per heavy atom. The number of nitrogens with zero attached hydrogens (tertiary/aromatic N) is 1. The van der Waals surface area contributed by atoms with E-state index in [1.54, 1.807) is 14.0 Å². The van der Waals surface area contributed by atoms with Crippen LogP contribution in [0.3, 0.4) is 0 Å². The third-order valence-electron chi connectivity index (χ3n) is 2.06. The average molecular weight is 172 g/mol. The van der Waals surface area contributed by atoms with Crippen molar-refractivity contribution in [2.45, 2.75) is 25.9 Å². The van der Waals surface area contributed by atoms with E-state index in [0.717, 1.165) is 25.9 Å². The Morgan fingerprint density at radius 2 is 2.08 bits per heavy atom. The van der Waals surface area contributed by atoms with E-state index in [1.807, 2.05) is 4.90 Å². The summed E-state index contributed by atoms with van der Waals surface area (Å²) >= 11 is 0. The van der Waals surface area contributed by atoms with Crippen LogP contribution >= 0.6 is 0 Å². The second-order valence-electron chi connectivity index (χ2n) is 3.00. The molecule has 4 heteroatoms. The summed E-state index contributed by atoms with van der Waals surface area (Å²) in [4.78, 5) is 18.3. The zero-order valence-corrected chi connectivity index (χ0v) is 7.67. The summed E-state index contributed by atoms with van der Waals surface area (Å²) in [5.74, 6) is 0.0850. The maximum atomic E-state index is 11.5. The van der Waals surface area contributed by atoms with Gasteiger partial charge in [-0.05, 0) is 19.8 Å². The summed E-state index contributed by atoms with van der Waals surface area (Å²) < 4.78 is 0. The van der Waals surface area contributed by atoms with Crippen LogP contribution in [0.2, 0.25) is 0 Å². The number of hydrogen-bond donors (Lipinski definition) is 1. The smallest absolute Gasteiger partial charge is 0.253 e. The summed E-state index contributed by atoms with van der Waals surface area (Å²) in [5, 5.41) is 0. The van der Waals surface area contributed by atoms with Gasteiger partial charge in [0.05, 0.1) is 0 Å². The third-order valence-corrected chi connectivity index (χ3v) is 2.06. The van der Waals surface area contributed by atoms with Crippen molar-refractivity contribution >= 4 is 5.91 Å². The topological polar surface area (TPSA) is 41.6 Å². The van der Waals surface area contributed by atoms with E-state index in [9.17, 15) is 4.79 Å². The van der Waals surface area contributed by atoms with Gasteiger partial charge >= 0.3 is 0 Å². The van der Waals surface area contributed by atoms with E-state index < -0.39 is 0 Å². The van der Waals surface area contributed by atoms with E-state index in [4.69, 9.17) is 4.84 Å². The average Bonchev–Trinajstić information content (AvgIpc) is 2.55. The minimum Gasteiger partial charge on any atom is -0.340 e. The third kappa shape index (κ3) is 2.19. The SMILES string of the molecule is CNOC(C)C(=O)N1CCCC1. The van der Waals surface area contributed by atoms with Gasteiger partial charge < -0.3 is 4.90 Å². The van der Waals surface area contributed by atoms with Crippen molar-refractivity contribution in [1.29, 1.82) is 0 Å². The lowest BCUT2D eigenvalue weighted by atomic mass is 10.3. The number of hydroxylamine groups is 1. The molecule has 0 saturated carbocycles. The molecule has 1 aliphatic heterocycles. The molecule has 1 amide bonds. The number of carbonyl (C=O) groups is 1. The summed E-state index contributed by atoms with van der Waals surface area (Å²) in [6, 6.07) is 0. The minimum atomic E-state index is -0.368. The monoisotopic (exact) mass is 172 g/mol. The molecule has 1 atom stereocenters. The predicted octanol–water partition coefficient (Wildman–Crippen LogP) is 0.148. The number of amides is 1. The van der Waals surface area contributed by atoms with Crippen LogP contribution < -0.4 is 5.48 Å². The standard InChI is InChI=1S/C8H16N2O2/c1-7(12-9-2)8(11)10-5-3-4-6-10/h7,9H,3-6H2,1-2H3. The van der Waals surface area contributed by atoms with Gasteiger partial charge in [-0.1, -0.05) is 0 Å². The van der Waals surface area contributed by atoms with Gasteiger partial charge in [-0.15, -0.1) is 0 Å². The Bertz CT molecular complexity index is 155. The molecular formula is C8H16N2O2.